The van der Waals surface area contributed by atoms with Crippen LogP contribution in [0, 0.1) is 5.41 Å². The zero-order chi connectivity index (χ0) is 9.35. The molecule has 0 amide bonds. The van der Waals surface area contributed by atoms with Crippen LogP contribution >= 0.6 is 0 Å². The quantitative estimate of drug-likeness (QED) is 0.625. The molecule has 1 nitrogen and oxygen atoms in total. The third-order valence-corrected chi connectivity index (χ3v) is 3.89. The van der Waals surface area contributed by atoms with E-state index in [4.69, 9.17) is 0 Å². The van der Waals surface area contributed by atoms with Crippen molar-refractivity contribution in [2.45, 2.75) is 59.0 Å². The summed E-state index contributed by atoms with van der Waals surface area (Å²) in [5.41, 5.74) is 0.637. The van der Waals surface area contributed by atoms with Gasteiger partial charge in [0.2, 0.25) is 0 Å². The number of nitrogens with zero attached hydrogens (tertiary/aromatic N) is 1. The highest BCUT2D eigenvalue weighted by Gasteiger charge is 2.51. The van der Waals surface area contributed by atoms with Crippen molar-refractivity contribution in [2.24, 2.45) is 5.41 Å². The maximum atomic E-state index is 2.56. The second-order valence-electron chi connectivity index (χ2n) is 4.65. The summed E-state index contributed by atoms with van der Waals surface area (Å²) in [6.45, 7) is 9.32. The highest BCUT2D eigenvalue weighted by molar-refractivity contribution is 5.05. The smallest absolute Gasteiger partial charge is 0.0155 e. The lowest BCUT2D eigenvalue weighted by Crippen LogP contribution is -2.33. The van der Waals surface area contributed by atoms with Crippen LogP contribution in [0.15, 0.2) is 0 Å². The molecule has 0 spiro atoms. The van der Waals surface area contributed by atoms with Crippen LogP contribution in [-0.4, -0.2) is 24.0 Å². The van der Waals surface area contributed by atoms with E-state index in [0.29, 0.717) is 5.41 Å². The van der Waals surface area contributed by atoms with E-state index in [-0.39, 0.29) is 0 Å². The van der Waals surface area contributed by atoms with E-state index in [1.807, 2.05) is 0 Å². The molecular formula is C11H23N. The molecule has 0 bridgehead atoms. The molecule has 0 aromatic carbocycles. The summed E-state index contributed by atoms with van der Waals surface area (Å²) < 4.78 is 0. The molecule has 1 saturated carbocycles. The summed E-state index contributed by atoms with van der Waals surface area (Å²) >= 11 is 0. The SMILES string of the molecule is CCC(C)N(C)C1CC1(C)CC. The van der Waals surface area contributed by atoms with Crippen LogP contribution in [0.5, 0.6) is 0 Å². The lowest BCUT2D eigenvalue weighted by atomic mass is 10.1. The fraction of sp³-hybridized carbons (Fsp3) is 1.00. The molecule has 0 aliphatic heterocycles. The van der Waals surface area contributed by atoms with Gasteiger partial charge in [0, 0.05) is 12.1 Å². The molecule has 1 fully saturated rings. The Balaban J connectivity index is 2.42. The molecule has 0 aromatic rings. The molecule has 0 aromatic heterocycles. The highest BCUT2D eigenvalue weighted by atomic mass is 15.2. The molecule has 1 aliphatic carbocycles. The third-order valence-electron chi connectivity index (χ3n) is 3.89. The van der Waals surface area contributed by atoms with Crippen LogP contribution in [0.25, 0.3) is 0 Å². The van der Waals surface area contributed by atoms with Crippen molar-refractivity contribution < 1.29 is 0 Å². The molecule has 3 atom stereocenters. The Hall–Kier alpha value is -0.0400. The molecule has 0 saturated heterocycles. The first-order chi connectivity index (χ1) is 5.55. The Labute approximate surface area is 77.1 Å². The van der Waals surface area contributed by atoms with Crippen molar-refractivity contribution in [3.05, 3.63) is 0 Å². The fourth-order valence-electron chi connectivity index (χ4n) is 1.99. The standard InChI is InChI=1S/C11H23N/c1-6-9(3)12(5)10-8-11(10,4)7-2/h9-10H,6-8H2,1-5H3. The first-order valence-electron chi connectivity index (χ1n) is 5.27. The lowest BCUT2D eigenvalue weighted by Gasteiger charge is -2.25. The van der Waals surface area contributed by atoms with Gasteiger partial charge < -0.3 is 4.90 Å². The zero-order valence-electron chi connectivity index (χ0n) is 9.22. The number of rotatable bonds is 4. The molecule has 0 N–H and O–H groups in total. The van der Waals surface area contributed by atoms with E-state index < -0.39 is 0 Å². The van der Waals surface area contributed by atoms with E-state index in [1.165, 1.54) is 19.3 Å². The maximum Gasteiger partial charge on any atom is 0.0155 e. The van der Waals surface area contributed by atoms with Crippen molar-refractivity contribution in [2.75, 3.05) is 7.05 Å². The van der Waals surface area contributed by atoms with E-state index >= 15 is 0 Å². The van der Waals surface area contributed by atoms with E-state index in [2.05, 4.69) is 39.6 Å². The van der Waals surface area contributed by atoms with Gasteiger partial charge in [-0.05, 0) is 38.6 Å². The average Bonchev–Trinajstić information content (AvgIpc) is 2.76. The van der Waals surface area contributed by atoms with Gasteiger partial charge in [0.1, 0.15) is 0 Å². The number of hydrogen-bond acceptors (Lipinski definition) is 1. The Morgan fingerprint density at radius 1 is 1.50 bits per heavy atom. The van der Waals surface area contributed by atoms with E-state index in [9.17, 15) is 0 Å². The van der Waals surface area contributed by atoms with Crippen molar-refractivity contribution >= 4 is 0 Å². The predicted molar refractivity (Wildman–Crippen MR) is 54.3 cm³/mol. The van der Waals surface area contributed by atoms with Gasteiger partial charge in [-0.3, -0.25) is 0 Å². The summed E-state index contributed by atoms with van der Waals surface area (Å²) in [6.07, 6.45) is 4.01. The Kier molecular flexibility index (Phi) is 2.82. The fourth-order valence-corrected chi connectivity index (χ4v) is 1.99. The molecule has 72 valence electrons. The molecule has 3 unspecified atom stereocenters. The average molecular weight is 169 g/mol. The summed E-state index contributed by atoms with van der Waals surface area (Å²) in [5, 5.41) is 0. The Morgan fingerprint density at radius 2 is 2.08 bits per heavy atom. The lowest BCUT2D eigenvalue weighted by molar-refractivity contribution is 0.211. The summed E-state index contributed by atoms with van der Waals surface area (Å²) in [7, 11) is 2.28. The van der Waals surface area contributed by atoms with Crippen molar-refractivity contribution in [3.63, 3.8) is 0 Å². The first kappa shape index (κ1) is 10.0. The van der Waals surface area contributed by atoms with Crippen LogP contribution in [-0.2, 0) is 0 Å². The van der Waals surface area contributed by atoms with Crippen molar-refractivity contribution in [1.29, 1.82) is 0 Å². The topological polar surface area (TPSA) is 3.24 Å². The second-order valence-corrected chi connectivity index (χ2v) is 4.65. The monoisotopic (exact) mass is 169 g/mol. The van der Waals surface area contributed by atoms with E-state index in [0.717, 1.165) is 12.1 Å². The first-order valence-corrected chi connectivity index (χ1v) is 5.27. The minimum absolute atomic E-state index is 0.637. The molecule has 0 radical (unpaired) electrons. The van der Waals surface area contributed by atoms with Crippen molar-refractivity contribution in [1.82, 2.24) is 4.90 Å². The van der Waals surface area contributed by atoms with Crippen LogP contribution in [0.1, 0.15) is 47.0 Å². The van der Waals surface area contributed by atoms with Gasteiger partial charge in [-0.2, -0.15) is 0 Å². The molecule has 1 aliphatic rings. The van der Waals surface area contributed by atoms with Gasteiger partial charge in [0.05, 0.1) is 0 Å². The molecule has 1 rings (SSSR count). The second kappa shape index (κ2) is 3.37. The van der Waals surface area contributed by atoms with E-state index in [1.54, 1.807) is 0 Å². The Bertz CT molecular complexity index is 155. The third kappa shape index (κ3) is 1.66. The molecule has 12 heavy (non-hydrogen) atoms. The van der Waals surface area contributed by atoms with Crippen LogP contribution < -0.4 is 0 Å². The van der Waals surface area contributed by atoms with Crippen LogP contribution in [0.2, 0.25) is 0 Å². The predicted octanol–water partition coefficient (Wildman–Crippen LogP) is 2.91. The molecular weight excluding hydrogens is 146 g/mol. The van der Waals surface area contributed by atoms with Gasteiger partial charge >= 0.3 is 0 Å². The maximum absolute atomic E-state index is 2.56. The Morgan fingerprint density at radius 3 is 2.42 bits per heavy atom. The van der Waals surface area contributed by atoms with Gasteiger partial charge in [0.25, 0.3) is 0 Å². The minimum atomic E-state index is 0.637. The zero-order valence-corrected chi connectivity index (χ0v) is 9.22. The largest absolute Gasteiger partial charge is 0.300 e. The summed E-state index contributed by atoms with van der Waals surface area (Å²) in [6, 6.07) is 1.61. The van der Waals surface area contributed by atoms with Gasteiger partial charge in [-0.1, -0.05) is 20.8 Å². The van der Waals surface area contributed by atoms with Crippen molar-refractivity contribution in [3.8, 4) is 0 Å². The summed E-state index contributed by atoms with van der Waals surface area (Å²) in [4.78, 5) is 2.56. The van der Waals surface area contributed by atoms with Crippen LogP contribution in [0.3, 0.4) is 0 Å². The molecule has 1 heteroatoms. The highest BCUT2D eigenvalue weighted by Crippen LogP contribution is 2.51. The minimum Gasteiger partial charge on any atom is -0.300 e. The molecule has 0 heterocycles. The van der Waals surface area contributed by atoms with Gasteiger partial charge in [-0.25, -0.2) is 0 Å². The number of hydrogen-bond donors (Lipinski definition) is 0. The van der Waals surface area contributed by atoms with Crippen LogP contribution in [0.4, 0.5) is 0 Å². The van der Waals surface area contributed by atoms with Gasteiger partial charge in [0.15, 0.2) is 0 Å². The summed E-state index contributed by atoms with van der Waals surface area (Å²) in [5.74, 6) is 0. The van der Waals surface area contributed by atoms with Gasteiger partial charge in [-0.15, -0.1) is 0 Å². The normalized spacial score (nSPS) is 37.0.